The molecular weight excluding hydrogens is 260 g/mol. The number of hydrogen-bond donors (Lipinski definition) is 3. The maximum Gasteiger partial charge on any atom is 0.328 e. The topological polar surface area (TPSA) is 87.7 Å². The normalized spacial score (nSPS) is 10.8. The molecule has 110 valence electrons. The fourth-order valence-corrected chi connectivity index (χ4v) is 1.35. The van der Waals surface area contributed by atoms with Gasteiger partial charge in [0.1, 0.15) is 11.3 Å². The van der Waals surface area contributed by atoms with Gasteiger partial charge in [-0.15, -0.1) is 0 Å². The lowest BCUT2D eigenvalue weighted by Gasteiger charge is -2.21. The molecule has 2 amide bonds. The average molecular weight is 280 g/mol. The van der Waals surface area contributed by atoms with Gasteiger partial charge in [0.15, 0.2) is 0 Å². The van der Waals surface area contributed by atoms with Gasteiger partial charge in [-0.1, -0.05) is 6.92 Å². The Kier molecular flexibility index (Phi) is 5.37. The maximum atomic E-state index is 11.7. The van der Waals surface area contributed by atoms with Gasteiger partial charge in [0.2, 0.25) is 0 Å². The molecule has 1 aromatic rings. The molecule has 0 aliphatic heterocycles. The van der Waals surface area contributed by atoms with E-state index in [2.05, 4.69) is 10.6 Å². The van der Waals surface area contributed by atoms with E-state index in [1.807, 2.05) is 6.92 Å². The van der Waals surface area contributed by atoms with Crippen LogP contribution in [0.3, 0.4) is 0 Å². The summed E-state index contributed by atoms with van der Waals surface area (Å²) < 4.78 is 5.42. The molecule has 0 atom stereocenters. The summed E-state index contributed by atoms with van der Waals surface area (Å²) in [6, 6.07) is 6.30. The summed E-state index contributed by atoms with van der Waals surface area (Å²) in [6.07, 6.45) is 0.923. The Morgan fingerprint density at radius 1 is 1.25 bits per heavy atom. The highest BCUT2D eigenvalue weighted by Gasteiger charge is 2.28. The van der Waals surface area contributed by atoms with Crippen LogP contribution >= 0.6 is 0 Å². The highest BCUT2D eigenvalue weighted by atomic mass is 16.5. The lowest BCUT2D eigenvalue weighted by atomic mass is 10.1. The van der Waals surface area contributed by atoms with Crippen LogP contribution in [0.15, 0.2) is 24.3 Å². The van der Waals surface area contributed by atoms with E-state index in [0.29, 0.717) is 12.3 Å². The van der Waals surface area contributed by atoms with E-state index < -0.39 is 17.5 Å². The van der Waals surface area contributed by atoms with E-state index in [-0.39, 0.29) is 0 Å². The van der Waals surface area contributed by atoms with Gasteiger partial charge >= 0.3 is 12.0 Å². The number of carbonyl (C=O) groups excluding carboxylic acids is 1. The quantitative estimate of drug-likeness (QED) is 0.747. The van der Waals surface area contributed by atoms with Crippen LogP contribution < -0.4 is 15.4 Å². The minimum atomic E-state index is -1.33. The third kappa shape index (κ3) is 4.79. The first-order valence-electron chi connectivity index (χ1n) is 6.40. The predicted molar refractivity (Wildman–Crippen MR) is 76.1 cm³/mol. The van der Waals surface area contributed by atoms with Gasteiger partial charge < -0.3 is 20.5 Å². The second-order valence-corrected chi connectivity index (χ2v) is 4.88. The van der Waals surface area contributed by atoms with Gasteiger partial charge in [-0.25, -0.2) is 9.59 Å². The molecule has 20 heavy (non-hydrogen) atoms. The number of rotatable bonds is 6. The molecule has 0 unspecified atom stereocenters. The number of nitrogens with one attached hydrogen (secondary N) is 2. The Labute approximate surface area is 118 Å². The van der Waals surface area contributed by atoms with Gasteiger partial charge in [0, 0.05) is 5.69 Å². The van der Waals surface area contributed by atoms with E-state index >= 15 is 0 Å². The number of carboxylic acid groups (broad SMARTS) is 1. The second kappa shape index (κ2) is 6.79. The molecule has 0 aliphatic carbocycles. The number of urea groups is 1. The summed E-state index contributed by atoms with van der Waals surface area (Å²) in [6.45, 7) is 5.48. The second-order valence-electron chi connectivity index (χ2n) is 4.88. The van der Waals surface area contributed by atoms with Crippen molar-refractivity contribution in [2.24, 2.45) is 0 Å². The summed E-state index contributed by atoms with van der Waals surface area (Å²) in [5, 5.41) is 13.9. The number of aliphatic carboxylic acids is 1. The maximum absolute atomic E-state index is 11.7. The Bertz CT molecular complexity index is 469. The van der Waals surface area contributed by atoms with Crippen molar-refractivity contribution in [3.8, 4) is 5.75 Å². The molecule has 0 saturated heterocycles. The first-order chi connectivity index (χ1) is 9.35. The lowest BCUT2D eigenvalue weighted by Crippen LogP contribution is -2.51. The van der Waals surface area contributed by atoms with Crippen LogP contribution in [0, 0.1) is 0 Å². The molecule has 3 N–H and O–H groups in total. The van der Waals surface area contributed by atoms with Crippen molar-refractivity contribution in [3.05, 3.63) is 24.3 Å². The zero-order chi connectivity index (χ0) is 15.2. The number of anilines is 1. The fraction of sp³-hybridized carbons (Fsp3) is 0.429. The molecule has 6 heteroatoms. The van der Waals surface area contributed by atoms with Crippen LogP contribution in [-0.2, 0) is 4.79 Å². The molecule has 0 aromatic heterocycles. The summed E-state index contributed by atoms with van der Waals surface area (Å²) in [5.74, 6) is -0.375. The van der Waals surface area contributed by atoms with Crippen molar-refractivity contribution in [3.63, 3.8) is 0 Å². The highest BCUT2D eigenvalue weighted by Crippen LogP contribution is 2.16. The van der Waals surface area contributed by atoms with E-state index in [1.165, 1.54) is 13.8 Å². The molecule has 6 nitrogen and oxygen atoms in total. The van der Waals surface area contributed by atoms with Crippen molar-refractivity contribution in [1.82, 2.24) is 5.32 Å². The zero-order valence-electron chi connectivity index (χ0n) is 11.9. The minimum Gasteiger partial charge on any atom is -0.494 e. The molecular formula is C14H20N2O4. The number of hydrogen-bond acceptors (Lipinski definition) is 3. The molecule has 1 rings (SSSR count). The summed E-state index contributed by atoms with van der Waals surface area (Å²) in [4.78, 5) is 22.6. The van der Waals surface area contributed by atoms with Crippen molar-refractivity contribution >= 4 is 17.7 Å². The molecule has 0 saturated carbocycles. The number of carbonyl (C=O) groups is 2. The molecule has 1 aromatic carbocycles. The molecule has 0 heterocycles. The van der Waals surface area contributed by atoms with Crippen LogP contribution in [0.25, 0.3) is 0 Å². The van der Waals surface area contributed by atoms with Crippen LogP contribution in [-0.4, -0.2) is 29.3 Å². The lowest BCUT2D eigenvalue weighted by molar-refractivity contribution is -0.142. The Morgan fingerprint density at radius 3 is 2.35 bits per heavy atom. The zero-order valence-corrected chi connectivity index (χ0v) is 11.9. The SMILES string of the molecule is CCCOc1ccc(NC(=O)NC(C)(C)C(=O)O)cc1. The Balaban J connectivity index is 2.56. The van der Waals surface area contributed by atoms with Gasteiger partial charge in [-0.3, -0.25) is 0 Å². The number of benzene rings is 1. The monoisotopic (exact) mass is 280 g/mol. The summed E-state index contributed by atoms with van der Waals surface area (Å²) in [7, 11) is 0. The smallest absolute Gasteiger partial charge is 0.328 e. The number of carboxylic acids is 1. The standard InChI is InChI=1S/C14H20N2O4/c1-4-9-20-11-7-5-10(6-8-11)15-13(19)16-14(2,3)12(17)18/h5-8H,4,9H2,1-3H3,(H,17,18)(H2,15,16,19). The van der Waals surface area contributed by atoms with Gasteiger partial charge in [0.05, 0.1) is 6.61 Å². The van der Waals surface area contributed by atoms with Gasteiger partial charge in [0.25, 0.3) is 0 Å². The van der Waals surface area contributed by atoms with E-state index in [1.54, 1.807) is 24.3 Å². The average Bonchev–Trinajstić information content (AvgIpc) is 2.37. The van der Waals surface area contributed by atoms with Gasteiger partial charge in [-0.05, 0) is 44.5 Å². The van der Waals surface area contributed by atoms with E-state index in [4.69, 9.17) is 9.84 Å². The Morgan fingerprint density at radius 2 is 1.85 bits per heavy atom. The number of ether oxygens (including phenoxy) is 1. The van der Waals surface area contributed by atoms with Crippen LogP contribution in [0.1, 0.15) is 27.2 Å². The summed E-state index contributed by atoms with van der Waals surface area (Å²) in [5.41, 5.74) is -0.763. The largest absolute Gasteiger partial charge is 0.494 e. The first kappa shape index (κ1) is 15.8. The molecule has 0 aliphatic rings. The number of amides is 2. The van der Waals surface area contributed by atoms with Crippen molar-refractivity contribution < 1.29 is 19.4 Å². The van der Waals surface area contributed by atoms with Crippen molar-refractivity contribution in [2.45, 2.75) is 32.7 Å². The highest BCUT2D eigenvalue weighted by molar-refractivity contribution is 5.93. The third-order valence-corrected chi connectivity index (χ3v) is 2.55. The summed E-state index contributed by atoms with van der Waals surface area (Å²) >= 11 is 0. The predicted octanol–water partition coefficient (Wildman–Crippen LogP) is 2.46. The van der Waals surface area contributed by atoms with Crippen LogP contribution in [0.5, 0.6) is 5.75 Å². The van der Waals surface area contributed by atoms with E-state index in [9.17, 15) is 9.59 Å². The van der Waals surface area contributed by atoms with Crippen LogP contribution in [0.4, 0.5) is 10.5 Å². The third-order valence-electron chi connectivity index (χ3n) is 2.55. The molecule has 0 radical (unpaired) electrons. The fourth-order valence-electron chi connectivity index (χ4n) is 1.35. The van der Waals surface area contributed by atoms with Crippen molar-refractivity contribution in [2.75, 3.05) is 11.9 Å². The van der Waals surface area contributed by atoms with Crippen molar-refractivity contribution in [1.29, 1.82) is 0 Å². The molecule has 0 spiro atoms. The first-order valence-corrected chi connectivity index (χ1v) is 6.40. The Hall–Kier alpha value is -2.24. The van der Waals surface area contributed by atoms with E-state index in [0.717, 1.165) is 12.2 Å². The minimum absolute atomic E-state index is 0.563. The van der Waals surface area contributed by atoms with Gasteiger partial charge in [-0.2, -0.15) is 0 Å². The van der Waals surface area contributed by atoms with Crippen LogP contribution in [0.2, 0.25) is 0 Å². The molecule has 0 fully saturated rings. The molecule has 0 bridgehead atoms.